The number of rotatable bonds is 7. The molecule has 3 aromatic rings. The Morgan fingerprint density at radius 1 is 1.17 bits per heavy atom. The number of alkyl halides is 2. The summed E-state index contributed by atoms with van der Waals surface area (Å²) in [5, 5.41) is 11.0. The zero-order chi connectivity index (χ0) is 25.4. The largest absolute Gasteiger partial charge is 0.434 e. The number of amides is 1. The summed E-state index contributed by atoms with van der Waals surface area (Å²) in [6.07, 6.45) is 4.66. The molecule has 0 spiro atoms. The Balaban J connectivity index is 1.44. The highest BCUT2D eigenvalue weighted by atomic mass is 35.5. The molecule has 2 aliphatic rings. The summed E-state index contributed by atoms with van der Waals surface area (Å²) in [4.78, 5) is 13.3. The molecular weight excluding hydrogens is 491 g/mol. The molecule has 0 bridgehead atoms. The van der Waals surface area contributed by atoms with Crippen molar-refractivity contribution in [1.29, 1.82) is 0 Å². The Bertz CT molecular complexity index is 1330. The number of halogens is 4. The van der Waals surface area contributed by atoms with Crippen LogP contribution in [0.1, 0.15) is 69.9 Å². The number of benzene rings is 2. The molecule has 2 aliphatic carbocycles. The Morgan fingerprint density at radius 3 is 2.69 bits per heavy atom. The van der Waals surface area contributed by atoms with Crippen LogP contribution in [-0.2, 0) is 18.8 Å². The third-order valence-corrected chi connectivity index (χ3v) is 6.95. The summed E-state index contributed by atoms with van der Waals surface area (Å²) in [6, 6.07) is 8.95. The zero-order valence-corrected chi connectivity index (χ0v) is 20.5. The Labute approximate surface area is 212 Å². The van der Waals surface area contributed by atoms with E-state index in [-0.39, 0.29) is 28.7 Å². The number of aryl methyl sites for hydroxylation is 2. The molecule has 1 heterocycles. The van der Waals surface area contributed by atoms with E-state index in [4.69, 9.17) is 16.3 Å². The Kier molecular flexibility index (Phi) is 6.64. The van der Waals surface area contributed by atoms with Crippen LogP contribution in [0.4, 0.5) is 13.2 Å². The molecule has 5 nitrogen and oxygen atoms in total. The van der Waals surface area contributed by atoms with Gasteiger partial charge in [0.2, 0.25) is 0 Å². The van der Waals surface area contributed by atoms with Crippen molar-refractivity contribution in [3.8, 4) is 11.6 Å². The molecule has 0 radical (unpaired) electrons. The number of hydrogen-bond donors (Lipinski definition) is 1. The van der Waals surface area contributed by atoms with Crippen LogP contribution >= 0.6 is 11.6 Å². The minimum Gasteiger partial charge on any atom is -0.434 e. The van der Waals surface area contributed by atoms with Gasteiger partial charge in [0.25, 0.3) is 17.7 Å². The van der Waals surface area contributed by atoms with Crippen molar-refractivity contribution >= 4 is 17.5 Å². The molecule has 188 valence electrons. The van der Waals surface area contributed by atoms with Gasteiger partial charge in [-0.05, 0) is 86.3 Å². The van der Waals surface area contributed by atoms with E-state index in [0.29, 0.717) is 40.2 Å². The third kappa shape index (κ3) is 4.91. The standard InChI is InChI=1S/C27H25ClF3N3O2/c1-15-13-17(28)11-12-20(15)27(30,31)14-32-25(35)23-19-5-2-3-7-21(19)33-34-26(23)36-22-8-4-6-18(24(22)29)16-9-10-16/h4,6,8,11-13,16H,2-3,5,7,9-10,14H2,1H3,(H,32,35). The molecule has 0 atom stereocenters. The third-order valence-electron chi connectivity index (χ3n) is 6.71. The van der Waals surface area contributed by atoms with Gasteiger partial charge in [-0.1, -0.05) is 29.8 Å². The fourth-order valence-electron chi connectivity index (χ4n) is 4.69. The van der Waals surface area contributed by atoms with E-state index in [1.807, 2.05) is 0 Å². The number of nitrogens with zero attached hydrogens (tertiary/aromatic N) is 2. The van der Waals surface area contributed by atoms with E-state index in [0.717, 1.165) is 25.7 Å². The lowest BCUT2D eigenvalue weighted by Crippen LogP contribution is -2.36. The first kappa shape index (κ1) is 24.6. The van der Waals surface area contributed by atoms with Crippen molar-refractivity contribution in [3.63, 3.8) is 0 Å². The maximum absolute atomic E-state index is 15.1. The molecule has 1 saturated carbocycles. The van der Waals surface area contributed by atoms with Crippen molar-refractivity contribution < 1.29 is 22.7 Å². The first-order valence-electron chi connectivity index (χ1n) is 12.0. The molecule has 9 heteroatoms. The van der Waals surface area contributed by atoms with Crippen molar-refractivity contribution in [3.05, 3.63) is 80.7 Å². The average molecular weight is 516 g/mol. The lowest BCUT2D eigenvalue weighted by Gasteiger charge is -2.22. The Hall–Kier alpha value is -3.13. The lowest BCUT2D eigenvalue weighted by atomic mass is 9.92. The van der Waals surface area contributed by atoms with Crippen LogP contribution in [0.3, 0.4) is 0 Å². The first-order chi connectivity index (χ1) is 17.2. The molecular formula is C27H25ClF3N3O2. The average Bonchev–Trinajstić information content (AvgIpc) is 3.69. The second-order valence-electron chi connectivity index (χ2n) is 9.39. The first-order valence-corrected chi connectivity index (χ1v) is 12.4. The quantitative estimate of drug-likeness (QED) is 0.383. The molecule has 36 heavy (non-hydrogen) atoms. The van der Waals surface area contributed by atoms with Gasteiger partial charge in [0, 0.05) is 10.6 Å². The normalized spacial score (nSPS) is 15.4. The van der Waals surface area contributed by atoms with Crippen molar-refractivity contribution in [2.45, 2.75) is 57.3 Å². The number of aromatic nitrogens is 2. The summed E-state index contributed by atoms with van der Waals surface area (Å²) >= 11 is 5.90. The van der Waals surface area contributed by atoms with E-state index < -0.39 is 24.2 Å². The fourth-order valence-corrected chi connectivity index (χ4v) is 4.92. The molecule has 1 amide bonds. The summed E-state index contributed by atoms with van der Waals surface area (Å²) in [5.41, 5.74) is 1.92. The van der Waals surface area contributed by atoms with Gasteiger partial charge in [0.05, 0.1) is 12.2 Å². The van der Waals surface area contributed by atoms with Crippen molar-refractivity contribution in [2.24, 2.45) is 0 Å². The fraction of sp³-hybridized carbons (Fsp3) is 0.370. The van der Waals surface area contributed by atoms with E-state index >= 15 is 13.2 Å². The highest BCUT2D eigenvalue weighted by Crippen LogP contribution is 2.43. The number of hydrogen-bond acceptors (Lipinski definition) is 4. The summed E-state index contributed by atoms with van der Waals surface area (Å²) in [7, 11) is 0. The number of carbonyl (C=O) groups is 1. The molecule has 1 fully saturated rings. The molecule has 0 saturated heterocycles. The van der Waals surface area contributed by atoms with E-state index in [1.54, 1.807) is 12.1 Å². The molecule has 2 aromatic carbocycles. The van der Waals surface area contributed by atoms with Gasteiger partial charge in [-0.3, -0.25) is 4.79 Å². The maximum Gasteiger partial charge on any atom is 0.290 e. The topological polar surface area (TPSA) is 64.1 Å². The Morgan fingerprint density at radius 2 is 1.94 bits per heavy atom. The van der Waals surface area contributed by atoms with Gasteiger partial charge >= 0.3 is 0 Å². The second-order valence-corrected chi connectivity index (χ2v) is 9.83. The van der Waals surface area contributed by atoms with E-state index in [2.05, 4.69) is 15.5 Å². The van der Waals surface area contributed by atoms with Crippen LogP contribution in [-0.4, -0.2) is 22.6 Å². The number of ether oxygens (including phenoxy) is 1. The highest BCUT2D eigenvalue weighted by molar-refractivity contribution is 6.30. The number of fused-ring (bicyclic) bond motifs is 1. The van der Waals surface area contributed by atoms with Crippen molar-refractivity contribution in [2.75, 3.05) is 6.54 Å². The number of carbonyl (C=O) groups excluding carboxylic acids is 1. The highest BCUT2D eigenvalue weighted by Gasteiger charge is 2.35. The molecule has 1 aromatic heterocycles. The minimum atomic E-state index is -3.34. The predicted octanol–water partition coefficient (Wildman–Crippen LogP) is 6.65. The SMILES string of the molecule is Cc1cc(Cl)ccc1C(F)(F)CNC(=O)c1c(Oc2cccc(C3CC3)c2F)nnc2c1CCCC2. The maximum atomic E-state index is 15.1. The van der Waals surface area contributed by atoms with Crippen molar-refractivity contribution in [1.82, 2.24) is 15.5 Å². The van der Waals surface area contributed by atoms with Gasteiger partial charge in [0.15, 0.2) is 11.6 Å². The second kappa shape index (κ2) is 9.73. The predicted molar refractivity (Wildman–Crippen MR) is 130 cm³/mol. The monoisotopic (exact) mass is 515 g/mol. The van der Waals surface area contributed by atoms with Gasteiger partial charge in [0.1, 0.15) is 5.56 Å². The molecule has 1 N–H and O–H groups in total. The number of nitrogens with one attached hydrogen (secondary N) is 1. The lowest BCUT2D eigenvalue weighted by molar-refractivity contribution is -0.00310. The molecule has 0 aliphatic heterocycles. The molecule has 0 unspecified atom stereocenters. The summed E-state index contributed by atoms with van der Waals surface area (Å²) < 4.78 is 50.9. The zero-order valence-electron chi connectivity index (χ0n) is 19.7. The van der Waals surface area contributed by atoms with Gasteiger partial charge in [-0.15, -0.1) is 5.10 Å². The van der Waals surface area contributed by atoms with E-state index in [9.17, 15) is 4.79 Å². The van der Waals surface area contributed by atoms with E-state index in [1.165, 1.54) is 31.2 Å². The van der Waals surface area contributed by atoms with Crippen LogP contribution in [0, 0.1) is 12.7 Å². The molecule has 5 rings (SSSR count). The summed E-state index contributed by atoms with van der Waals surface area (Å²) in [5.74, 6) is -4.70. The smallest absolute Gasteiger partial charge is 0.290 e. The van der Waals surface area contributed by atoms with Crippen LogP contribution in [0.2, 0.25) is 5.02 Å². The van der Waals surface area contributed by atoms with Gasteiger partial charge < -0.3 is 10.1 Å². The van der Waals surface area contributed by atoms with Gasteiger partial charge in [-0.25, -0.2) is 4.39 Å². The van der Waals surface area contributed by atoms with Crippen LogP contribution in [0.15, 0.2) is 36.4 Å². The minimum absolute atomic E-state index is 0.0274. The van der Waals surface area contributed by atoms with Crippen LogP contribution in [0.5, 0.6) is 11.6 Å². The summed E-state index contributed by atoms with van der Waals surface area (Å²) in [6.45, 7) is 0.604. The van der Waals surface area contributed by atoms with Crippen LogP contribution in [0.25, 0.3) is 0 Å². The van der Waals surface area contributed by atoms with Crippen LogP contribution < -0.4 is 10.1 Å². The van der Waals surface area contributed by atoms with Gasteiger partial charge in [-0.2, -0.15) is 13.9 Å².